The molecule has 25 heavy (non-hydrogen) atoms. The summed E-state index contributed by atoms with van der Waals surface area (Å²) in [5.74, 6) is 0. The van der Waals surface area contributed by atoms with E-state index in [0.29, 0.717) is 16.9 Å². The molecular formula is C16H12BrF2N3O2S. The molecule has 0 fully saturated rings. The van der Waals surface area contributed by atoms with Crippen molar-refractivity contribution in [2.24, 2.45) is 5.14 Å². The first-order chi connectivity index (χ1) is 11.7. The number of aromatic nitrogens is 2. The molecule has 0 spiro atoms. The van der Waals surface area contributed by atoms with Gasteiger partial charge in [-0.2, -0.15) is 13.9 Å². The summed E-state index contributed by atoms with van der Waals surface area (Å²) >= 11 is 2.31. The molecule has 0 aliphatic carbocycles. The molecule has 1 aromatic heterocycles. The van der Waals surface area contributed by atoms with Gasteiger partial charge in [0.15, 0.2) is 0 Å². The zero-order valence-electron chi connectivity index (χ0n) is 12.6. The van der Waals surface area contributed by atoms with Crippen molar-refractivity contribution < 1.29 is 17.2 Å². The topological polar surface area (TPSA) is 78.0 Å². The number of sulfonamides is 1. The number of primary sulfonamides is 1. The van der Waals surface area contributed by atoms with Gasteiger partial charge >= 0.3 is 4.83 Å². The summed E-state index contributed by atoms with van der Waals surface area (Å²) in [6, 6.07) is 15.7. The van der Waals surface area contributed by atoms with Crippen molar-refractivity contribution in [3.63, 3.8) is 0 Å². The van der Waals surface area contributed by atoms with Crippen molar-refractivity contribution in [3.05, 3.63) is 66.4 Å². The van der Waals surface area contributed by atoms with Crippen LogP contribution in [0.3, 0.4) is 0 Å². The van der Waals surface area contributed by atoms with Gasteiger partial charge in [-0.15, -0.1) is 0 Å². The van der Waals surface area contributed by atoms with E-state index in [0.717, 1.165) is 0 Å². The van der Waals surface area contributed by atoms with Crippen LogP contribution >= 0.6 is 15.9 Å². The number of hydrogen-bond donors (Lipinski definition) is 1. The molecule has 0 amide bonds. The van der Waals surface area contributed by atoms with Crippen LogP contribution in [0.25, 0.3) is 16.9 Å². The molecule has 0 saturated heterocycles. The summed E-state index contributed by atoms with van der Waals surface area (Å²) in [4.78, 5) is -3.36. The lowest BCUT2D eigenvalue weighted by molar-refractivity contribution is 0.109. The van der Waals surface area contributed by atoms with E-state index in [4.69, 9.17) is 5.14 Å². The number of rotatable bonds is 4. The molecule has 3 aromatic rings. The molecule has 130 valence electrons. The molecule has 0 unspecified atom stereocenters. The first kappa shape index (κ1) is 17.7. The van der Waals surface area contributed by atoms with Gasteiger partial charge in [0.25, 0.3) is 0 Å². The van der Waals surface area contributed by atoms with E-state index in [1.54, 1.807) is 24.3 Å². The second-order valence-corrected chi connectivity index (χ2v) is 7.79. The fourth-order valence-electron chi connectivity index (χ4n) is 2.31. The van der Waals surface area contributed by atoms with Crippen LogP contribution in [-0.2, 0) is 14.9 Å². The normalized spacial score (nSPS) is 12.3. The Balaban J connectivity index is 2.16. The Labute approximate surface area is 151 Å². The van der Waals surface area contributed by atoms with Crippen LogP contribution in [0.15, 0.2) is 65.6 Å². The van der Waals surface area contributed by atoms with Crippen LogP contribution in [0.1, 0.15) is 5.69 Å². The van der Waals surface area contributed by atoms with Crippen LogP contribution in [0, 0.1) is 0 Å². The van der Waals surface area contributed by atoms with Crippen molar-refractivity contribution >= 4 is 26.0 Å². The molecular weight excluding hydrogens is 416 g/mol. The zero-order chi connectivity index (χ0) is 18.2. The number of nitrogens with two attached hydrogens (primary N) is 1. The van der Waals surface area contributed by atoms with Crippen LogP contribution in [0.5, 0.6) is 0 Å². The van der Waals surface area contributed by atoms with Crippen LogP contribution < -0.4 is 5.14 Å². The molecule has 5 nitrogen and oxygen atoms in total. The van der Waals surface area contributed by atoms with Gasteiger partial charge in [0.05, 0.1) is 16.3 Å². The van der Waals surface area contributed by atoms with E-state index in [2.05, 4.69) is 21.0 Å². The standard InChI is InChI=1S/C16H12BrF2N3O2S/c17-16(18,19)15-10-14(11-4-2-1-3-5-11)22(21-15)12-6-8-13(9-7-12)25(20,23)24/h1-10H,(H2,20,23,24). The van der Waals surface area contributed by atoms with Crippen LogP contribution in [0.2, 0.25) is 0 Å². The van der Waals surface area contributed by atoms with E-state index in [9.17, 15) is 17.2 Å². The number of nitrogens with zero attached hydrogens (tertiary/aromatic N) is 2. The largest absolute Gasteiger partial charge is 0.344 e. The van der Waals surface area contributed by atoms with Gasteiger partial charge in [0.1, 0.15) is 5.69 Å². The molecule has 2 aromatic carbocycles. The lowest BCUT2D eigenvalue weighted by Crippen LogP contribution is -2.12. The Morgan fingerprint density at radius 2 is 1.64 bits per heavy atom. The molecule has 0 aliphatic heterocycles. The van der Waals surface area contributed by atoms with Gasteiger partial charge in [-0.05, 0) is 46.3 Å². The smallest absolute Gasteiger partial charge is 0.233 e. The summed E-state index contributed by atoms with van der Waals surface area (Å²) in [6.45, 7) is 0. The Morgan fingerprint density at radius 3 is 2.16 bits per heavy atom. The van der Waals surface area contributed by atoms with Crippen molar-refractivity contribution in [2.45, 2.75) is 9.73 Å². The monoisotopic (exact) mass is 427 g/mol. The minimum atomic E-state index is -3.84. The highest BCUT2D eigenvalue weighted by Gasteiger charge is 2.32. The summed E-state index contributed by atoms with van der Waals surface area (Å²) in [6.07, 6.45) is 0. The second kappa shape index (κ2) is 6.32. The quantitative estimate of drug-likeness (QED) is 0.645. The SMILES string of the molecule is NS(=O)(=O)c1ccc(-n2nc(C(F)(F)Br)cc2-c2ccccc2)cc1. The third-order valence-corrected chi connectivity index (χ3v) is 4.81. The zero-order valence-corrected chi connectivity index (χ0v) is 15.0. The third kappa shape index (κ3) is 3.78. The number of alkyl halides is 3. The lowest BCUT2D eigenvalue weighted by Gasteiger charge is -2.08. The number of benzene rings is 2. The fourth-order valence-corrected chi connectivity index (χ4v) is 3.02. The van der Waals surface area contributed by atoms with Crippen molar-refractivity contribution in [1.29, 1.82) is 0 Å². The predicted molar refractivity (Wildman–Crippen MR) is 93.2 cm³/mol. The van der Waals surface area contributed by atoms with Crippen molar-refractivity contribution in [3.8, 4) is 16.9 Å². The lowest BCUT2D eigenvalue weighted by atomic mass is 10.1. The Morgan fingerprint density at radius 1 is 1.04 bits per heavy atom. The Kier molecular flexibility index (Phi) is 4.48. The Bertz CT molecular complexity index is 998. The van der Waals surface area contributed by atoms with Crippen molar-refractivity contribution in [1.82, 2.24) is 9.78 Å². The van der Waals surface area contributed by atoms with Gasteiger partial charge in [0.2, 0.25) is 10.0 Å². The van der Waals surface area contributed by atoms with E-state index < -0.39 is 20.5 Å². The Hall–Kier alpha value is -2.10. The molecule has 0 atom stereocenters. The highest BCUT2D eigenvalue weighted by molar-refractivity contribution is 9.09. The average Bonchev–Trinajstić information content (AvgIpc) is 3.00. The minimum Gasteiger partial charge on any atom is -0.233 e. The van der Waals surface area contributed by atoms with E-state index in [1.807, 2.05) is 6.07 Å². The summed E-state index contributed by atoms with van der Waals surface area (Å²) in [5, 5.41) is 9.03. The third-order valence-electron chi connectivity index (χ3n) is 3.48. The summed E-state index contributed by atoms with van der Waals surface area (Å²) in [7, 11) is -3.84. The van der Waals surface area contributed by atoms with Crippen LogP contribution in [0.4, 0.5) is 8.78 Å². The average molecular weight is 428 g/mol. The van der Waals surface area contributed by atoms with Gasteiger partial charge in [-0.25, -0.2) is 18.2 Å². The van der Waals surface area contributed by atoms with E-state index in [1.165, 1.54) is 35.0 Å². The van der Waals surface area contributed by atoms with Crippen LogP contribution in [-0.4, -0.2) is 18.2 Å². The number of halogens is 3. The maximum Gasteiger partial charge on any atom is 0.344 e. The first-order valence-corrected chi connectivity index (χ1v) is 9.36. The maximum absolute atomic E-state index is 13.6. The fraction of sp³-hybridized carbons (Fsp3) is 0.0625. The second-order valence-electron chi connectivity index (χ2n) is 5.23. The van der Waals surface area contributed by atoms with E-state index >= 15 is 0 Å². The molecule has 2 N–H and O–H groups in total. The minimum absolute atomic E-state index is 0.0734. The van der Waals surface area contributed by atoms with Crippen molar-refractivity contribution in [2.75, 3.05) is 0 Å². The molecule has 0 aliphatic rings. The van der Waals surface area contributed by atoms with E-state index in [-0.39, 0.29) is 4.90 Å². The first-order valence-electron chi connectivity index (χ1n) is 7.02. The van der Waals surface area contributed by atoms with Gasteiger partial charge in [-0.1, -0.05) is 30.3 Å². The molecule has 0 bridgehead atoms. The summed E-state index contributed by atoms with van der Waals surface area (Å²) in [5.41, 5.74) is 1.10. The molecule has 0 saturated carbocycles. The van der Waals surface area contributed by atoms with Gasteiger partial charge in [-0.3, -0.25) is 0 Å². The maximum atomic E-state index is 13.6. The molecule has 9 heteroatoms. The molecule has 1 heterocycles. The highest BCUT2D eigenvalue weighted by atomic mass is 79.9. The highest BCUT2D eigenvalue weighted by Crippen LogP contribution is 2.36. The summed E-state index contributed by atoms with van der Waals surface area (Å²) < 4.78 is 51.3. The molecule has 3 rings (SSSR count). The predicted octanol–water partition coefficient (Wildman–Crippen LogP) is 3.63. The number of hydrogen-bond acceptors (Lipinski definition) is 3. The molecule has 0 radical (unpaired) electrons. The van der Waals surface area contributed by atoms with Gasteiger partial charge < -0.3 is 0 Å². The van der Waals surface area contributed by atoms with Gasteiger partial charge in [0, 0.05) is 5.56 Å².